The Kier molecular flexibility index (Phi) is 5.39. The molecular weight excluding hydrogens is 320 g/mol. The van der Waals surface area contributed by atoms with Crippen molar-refractivity contribution in [2.75, 3.05) is 33.4 Å². The van der Waals surface area contributed by atoms with Crippen molar-refractivity contribution < 1.29 is 19.1 Å². The number of nitrogens with one attached hydrogen (secondary N) is 1. The number of amides is 2. The number of likely N-dealkylation sites (tertiary alicyclic amines) is 1. The van der Waals surface area contributed by atoms with Crippen molar-refractivity contribution in [1.29, 1.82) is 0 Å². The van der Waals surface area contributed by atoms with E-state index in [1.807, 2.05) is 36.1 Å². The van der Waals surface area contributed by atoms with E-state index < -0.39 is 0 Å². The van der Waals surface area contributed by atoms with Crippen molar-refractivity contribution in [2.45, 2.75) is 37.9 Å². The molecule has 25 heavy (non-hydrogen) atoms. The van der Waals surface area contributed by atoms with Crippen molar-refractivity contribution in [2.24, 2.45) is 0 Å². The summed E-state index contributed by atoms with van der Waals surface area (Å²) in [6.07, 6.45) is 2.36. The smallest absolute Gasteiger partial charge is 0.253 e. The summed E-state index contributed by atoms with van der Waals surface area (Å²) in [5.41, 5.74) is 1.68. The highest BCUT2D eigenvalue weighted by Crippen LogP contribution is 2.37. The third kappa shape index (κ3) is 4.19. The van der Waals surface area contributed by atoms with Crippen molar-refractivity contribution >= 4 is 11.8 Å². The van der Waals surface area contributed by atoms with Crippen LogP contribution < -0.4 is 5.32 Å². The fourth-order valence-electron chi connectivity index (χ4n) is 3.52. The first-order valence-electron chi connectivity index (χ1n) is 8.83. The van der Waals surface area contributed by atoms with Crippen LogP contribution in [0.4, 0.5) is 0 Å². The molecule has 0 aliphatic carbocycles. The van der Waals surface area contributed by atoms with Crippen molar-refractivity contribution in [3.63, 3.8) is 0 Å². The number of hydrogen-bond acceptors (Lipinski definition) is 4. The molecule has 2 aliphatic rings. The second kappa shape index (κ2) is 7.54. The van der Waals surface area contributed by atoms with E-state index >= 15 is 0 Å². The molecule has 136 valence electrons. The number of piperidine rings is 1. The lowest BCUT2D eigenvalue weighted by atomic mass is 9.87. The quantitative estimate of drug-likeness (QED) is 0.898. The maximum Gasteiger partial charge on any atom is 0.253 e. The predicted octanol–water partition coefficient (Wildman–Crippen LogP) is 1.52. The molecule has 2 amide bonds. The molecular formula is C19H26N2O4. The summed E-state index contributed by atoms with van der Waals surface area (Å²) in [6, 6.07) is 7.70. The van der Waals surface area contributed by atoms with E-state index in [1.54, 1.807) is 7.05 Å². The van der Waals surface area contributed by atoms with E-state index in [9.17, 15) is 9.59 Å². The summed E-state index contributed by atoms with van der Waals surface area (Å²) < 4.78 is 11.6. The Balaban J connectivity index is 1.51. The summed E-state index contributed by atoms with van der Waals surface area (Å²) in [5.74, 6) is -0.0419. The Morgan fingerprint density at radius 2 is 1.96 bits per heavy atom. The van der Waals surface area contributed by atoms with Crippen LogP contribution in [0.2, 0.25) is 0 Å². The second-order valence-electron chi connectivity index (χ2n) is 6.96. The summed E-state index contributed by atoms with van der Waals surface area (Å²) in [6.45, 7) is 3.98. The van der Waals surface area contributed by atoms with Gasteiger partial charge in [-0.05, 0) is 31.9 Å². The fourth-order valence-corrected chi connectivity index (χ4v) is 3.52. The Labute approximate surface area is 148 Å². The molecule has 0 radical (unpaired) electrons. The summed E-state index contributed by atoms with van der Waals surface area (Å²) in [7, 11) is 1.60. The molecule has 3 rings (SSSR count). The second-order valence-corrected chi connectivity index (χ2v) is 6.96. The van der Waals surface area contributed by atoms with Gasteiger partial charge in [0.25, 0.3) is 5.91 Å². The first-order chi connectivity index (χ1) is 12.0. The summed E-state index contributed by atoms with van der Waals surface area (Å²) in [5, 5.41) is 2.55. The molecule has 2 fully saturated rings. The zero-order chi connectivity index (χ0) is 17.9. The average molecular weight is 346 g/mol. The molecule has 6 nitrogen and oxygen atoms in total. The summed E-state index contributed by atoms with van der Waals surface area (Å²) >= 11 is 0. The standard InChI is InChI=1S/C19H26N2O4/c1-14-3-5-15(6-4-14)18(23)21-9-7-19(8-10-21)11-16(12-25-19)24-13-17(22)20-2/h3-6,16H,7-13H2,1-2H3,(H,20,22)/t16-/m0/s1. The zero-order valence-electron chi connectivity index (χ0n) is 14.9. The molecule has 1 atom stereocenters. The highest BCUT2D eigenvalue weighted by molar-refractivity contribution is 5.94. The van der Waals surface area contributed by atoms with Gasteiger partial charge in [0.1, 0.15) is 6.61 Å². The topological polar surface area (TPSA) is 67.9 Å². The Morgan fingerprint density at radius 3 is 2.60 bits per heavy atom. The van der Waals surface area contributed by atoms with Crippen LogP contribution in [0.25, 0.3) is 0 Å². The minimum Gasteiger partial charge on any atom is -0.372 e. The Hall–Kier alpha value is -1.92. The molecule has 1 aromatic carbocycles. The van der Waals surface area contributed by atoms with Gasteiger partial charge in [-0.2, -0.15) is 0 Å². The van der Waals surface area contributed by atoms with E-state index in [0.717, 1.165) is 30.4 Å². The molecule has 0 saturated carbocycles. The van der Waals surface area contributed by atoms with Crippen LogP contribution in [-0.4, -0.2) is 61.8 Å². The van der Waals surface area contributed by atoms with Gasteiger partial charge in [-0.15, -0.1) is 0 Å². The average Bonchev–Trinajstić information content (AvgIpc) is 3.03. The molecule has 0 aromatic heterocycles. The SMILES string of the molecule is CNC(=O)CO[C@@H]1COC2(CCN(C(=O)c3ccc(C)cc3)CC2)C1. The maximum absolute atomic E-state index is 12.6. The third-order valence-corrected chi connectivity index (χ3v) is 5.16. The molecule has 0 unspecified atom stereocenters. The first kappa shape index (κ1) is 17.9. The van der Waals surface area contributed by atoms with Crippen LogP contribution in [0, 0.1) is 6.92 Å². The molecule has 1 N–H and O–H groups in total. The van der Waals surface area contributed by atoms with Gasteiger partial charge in [0.15, 0.2) is 0 Å². The van der Waals surface area contributed by atoms with Gasteiger partial charge in [0.05, 0.1) is 18.3 Å². The van der Waals surface area contributed by atoms with Crippen LogP contribution in [0.3, 0.4) is 0 Å². The van der Waals surface area contributed by atoms with E-state index in [1.165, 1.54) is 0 Å². The minimum absolute atomic E-state index is 0.0448. The molecule has 6 heteroatoms. The van der Waals surface area contributed by atoms with Crippen LogP contribution in [0.5, 0.6) is 0 Å². The summed E-state index contributed by atoms with van der Waals surface area (Å²) in [4.78, 5) is 25.8. The molecule has 2 heterocycles. The third-order valence-electron chi connectivity index (χ3n) is 5.16. The normalized spacial score (nSPS) is 22.2. The van der Waals surface area contributed by atoms with Gasteiger partial charge in [0.2, 0.25) is 5.91 Å². The van der Waals surface area contributed by atoms with E-state index in [0.29, 0.717) is 19.7 Å². The van der Waals surface area contributed by atoms with Crippen LogP contribution in [0.15, 0.2) is 24.3 Å². The van der Waals surface area contributed by atoms with Gasteiger partial charge >= 0.3 is 0 Å². The zero-order valence-corrected chi connectivity index (χ0v) is 14.9. The van der Waals surface area contributed by atoms with E-state index in [-0.39, 0.29) is 30.1 Å². The fraction of sp³-hybridized carbons (Fsp3) is 0.579. The molecule has 1 spiro atoms. The molecule has 1 aromatic rings. The number of aryl methyl sites for hydroxylation is 1. The van der Waals surface area contributed by atoms with Crippen molar-refractivity contribution in [3.05, 3.63) is 35.4 Å². The monoisotopic (exact) mass is 346 g/mol. The number of rotatable bonds is 4. The Bertz CT molecular complexity index is 621. The largest absolute Gasteiger partial charge is 0.372 e. The number of carbonyl (C=O) groups excluding carboxylic acids is 2. The van der Waals surface area contributed by atoms with E-state index in [4.69, 9.17) is 9.47 Å². The number of nitrogens with zero attached hydrogens (tertiary/aromatic N) is 1. The van der Waals surface area contributed by atoms with E-state index in [2.05, 4.69) is 5.32 Å². The minimum atomic E-state index is -0.211. The lowest BCUT2D eigenvalue weighted by Crippen LogP contribution is -2.46. The number of ether oxygens (including phenoxy) is 2. The molecule has 2 aliphatic heterocycles. The lowest BCUT2D eigenvalue weighted by molar-refractivity contribution is -0.127. The molecule has 0 bridgehead atoms. The van der Waals surface area contributed by atoms with Gasteiger partial charge in [-0.25, -0.2) is 0 Å². The number of carbonyl (C=O) groups is 2. The highest BCUT2D eigenvalue weighted by Gasteiger charge is 2.44. The number of hydrogen-bond donors (Lipinski definition) is 1. The van der Waals surface area contributed by atoms with Crippen LogP contribution in [0.1, 0.15) is 35.2 Å². The van der Waals surface area contributed by atoms with Crippen LogP contribution >= 0.6 is 0 Å². The van der Waals surface area contributed by atoms with Crippen molar-refractivity contribution in [1.82, 2.24) is 10.2 Å². The predicted molar refractivity (Wildman–Crippen MR) is 93.4 cm³/mol. The highest BCUT2D eigenvalue weighted by atomic mass is 16.6. The van der Waals surface area contributed by atoms with Gasteiger partial charge in [-0.3, -0.25) is 9.59 Å². The number of likely N-dealkylation sites (N-methyl/N-ethyl adjacent to an activating group) is 1. The van der Waals surface area contributed by atoms with Gasteiger partial charge in [0, 0.05) is 32.1 Å². The van der Waals surface area contributed by atoms with Crippen LogP contribution in [-0.2, 0) is 14.3 Å². The number of benzene rings is 1. The maximum atomic E-state index is 12.6. The van der Waals surface area contributed by atoms with Gasteiger partial charge < -0.3 is 19.7 Å². The Morgan fingerprint density at radius 1 is 1.28 bits per heavy atom. The molecule has 2 saturated heterocycles. The van der Waals surface area contributed by atoms with Gasteiger partial charge in [-0.1, -0.05) is 17.7 Å². The first-order valence-corrected chi connectivity index (χ1v) is 8.83. The lowest BCUT2D eigenvalue weighted by Gasteiger charge is -2.38. The van der Waals surface area contributed by atoms with Crippen molar-refractivity contribution in [3.8, 4) is 0 Å².